The van der Waals surface area contributed by atoms with E-state index >= 15 is 0 Å². The number of fused-ring (bicyclic) bond motifs is 1. The second kappa shape index (κ2) is 6.43. The highest BCUT2D eigenvalue weighted by Gasteiger charge is 2.08. The summed E-state index contributed by atoms with van der Waals surface area (Å²) >= 11 is 0. The van der Waals surface area contributed by atoms with E-state index in [9.17, 15) is 4.79 Å². The molecule has 118 valence electrons. The normalized spacial score (nSPS) is 10.1. The molecule has 1 N–H and O–H groups in total. The summed E-state index contributed by atoms with van der Waals surface area (Å²) in [6, 6.07) is 9.96. The fraction of sp³-hybridized carbons (Fsp3) is 0.100. The smallest absolute Gasteiger partial charge is 0.247 e. The monoisotopic (exact) mass is 315 g/mol. The summed E-state index contributed by atoms with van der Waals surface area (Å²) in [6.45, 7) is 5.50. The van der Waals surface area contributed by atoms with E-state index < -0.39 is 0 Å². The number of nitrogens with zero attached hydrogens (tertiary/aromatic N) is 2. The average molecular weight is 315 g/mol. The molecule has 0 bridgehead atoms. The molecule has 0 saturated heterocycles. The molecular weight excluding hydrogens is 298 g/mol. The van der Waals surface area contributed by atoms with Crippen molar-refractivity contribution < 1.29 is 4.79 Å². The maximum absolute atomic E-state index is 11.5. The Kier molecular flexibility index (Phi) is 4.17. The van der Waals surface area contributed by atoms with Crippen molar-refractivity contribution in [2.75, 3.05) is 5.32 Å². The SMILES string of the molecule is C=CC(=O)Nc1cnc2c(c1)c(C#Cc1ccc(C)cc1)cn2C. The molecule has 0 fully saturated rings. The first-order valence-corrected chi connectivity index (χ1v) is 7.54. The summed E-state index contributed by atoms with van der Waals surface area (Å²) in [5, 5.41) is 3.63. The van der Waals surface area contributed by atoms with Crippen LogP contribution < -0.4 is 5.32 Å². The van der Waals surface area contributed by atoms with E-state index in [0.717, 1.165) is 22.2 Å². The molecule has 1 amide bonds. The van der Waals surface area contributed by atoms with Crippen LogP contribution in [0.4, 0.5) is 5.69 Å². The molecule has 1 aromatic carbocycles. The summed E-state index contributed by atoms with van der Waals surface area (Å²) in [5.41, 5.74) is 4.48. The molecule has 0 radical (unpaired) electrons. The van der Waals surface area contributed by atoms with Gasteiger partial charge in [-0.2, -0.15) is 0 Å². The fourth-order valence-corrected chi connectivity index (χ4v) is 2.40. The number of nitrogens with one attached hydrogen (secondary N) is 1. The van der Waals surface area contributed by atoms with Crippen molar-refractivity contribution >= 4 is 22.6 Å². The van der Waals surface area contributed by atoms with Crippen molar-refractivity contribution in [2.24, 2.45) is 7.05 Å². The Hall–Kier alpha value is -3.32. The third-order valence-electron chi connectivity index (χ3n) is 3.66. The molecule has 3 aromatic rings. The Morgan fingerprint density at radius 1 is 1.29 bits per heavy atom. The number of amides is 1. The summed E-state index contributed by atoms with van der Waals surface area (Å²) in [6.07, 6.45) is 4.80. The standard InChI is InChI=1S/C20H17N3O/c1-4-19(24)22-17-11-18-16(13-23(3)20(18)21-12-17)10-9-15-7-5-14(2)6-8-15/h4-8,11-13H,1H2,2-3H3,(H,22,24). The minimum absolute atomic E-state index is 0.264. The number of benzene rings is 1. The minimum atomic E-state index is -0.264. The van der Waals surface area contributed by atoms with Crippen molar-refractivity contribution in [2.45, 2.75) is 6.92 Å². The number of pyridine rings is 1. The van der Waals surface area contributed by atoms with Crippen LogP contribution in [-0.4, -0.2) is 15.5 Å². The van der Waals surface area contributed by atoms with Gasteiger partial charge < -0.3 is 9.88 Å². The van der Waals surface area contributed by atoms with Crippen LogP contribution in [0.5, 0.6) is 0 Å². The van der Waals surface area contributed by atoms with E-state index in [1.54, 1.807) is 6.20 Å². The maximum Gasteiger partial charge on any atom is 0.247 e. The van der Waals surface area contributed by atoms with Gasteiger partial charge in [0.15, 0.2) is 0 Å². The number of carbonyl (C=O) groups excluding carboxylic acids is 1. The van der Waals surface area contributed by atoms with Gasteiger partial charge in [0, 0.05) is 24.2 Å². The number of rotatable bonds is 2. The lowest BCUT2D eigenvalue weighted by atomic mass is 10.1. The Balaban J connectivity index is 2.01. The lowest BCUT2D eigenvalue weighted by molar-refractivity contribution is -0.111. The first kappa shape index (κ1) is 15.6. The number of hydrogen-bond donors (Lipinski definition) is 1. The highest BCUT2D eigenvalue weighted by molar-refractivity contribution is 6.00. The van der Waals surface area contributed by atoms with E-state index in [-0.39, 0.29) is 5.91 Å². The third kappa shape index (κ3) is 3.21. The van der Waals surface area contributed by atoms with Crippen LogP contribution in [0, 0.1) is 18.8 Å². The molecule has 24 heavy (non-hydrogen) atoms. The van der Waals surface area contributed by atoms with Crippen molar-refractivity contribution in [1.29, 1.82) is 0 Å². The zero-order chi connectivity index (χ0) is 17.1. The number of aromatic nitrogens is 2. The molecule has 3 rings (SSSR count). The largest absolute Gasteiger partial charge is 0.334 e. The average Bonchev–Trinajstić information content (AvgIpc) is 2.90. The second-order valence-corrected chi connectivity index (χ2v) is 5.56. The van der Waals surface area contributed by atoms with Gasteiger partial charge in [-0.1, -0.05) is 36.1 Å². The Labute approximate surface area is 140 Å². The van der Waals surface area contributed by atoms with Gasteiger partial charge in [0.2, 0.25) is 5.91 Å². The Morgan fingerprint density at radius 2 is 2.04 bits per heavy atom. The van der Waals surface area contributed by atoms with Crippen LogP contribution in [0.15, 0.2) is 55.4 Å². The molecule has 0 spiro atoms. The van der Waals surface area contributed by atoms with Gasteiger partial charge in [-0.3, -0.25) is 4.79 Å². The minimum Gasteiger partial charge on any atom is -0.334 e. The number of anilines is 1. The summed E-state index contributed by atoms with van der Waals surface area (Å²) in [5.74, 6) is 6.10. The van der Waals surface area contributed by atoms with Gasteiger partial charge in [0.1, 0.15) is 5.65 Å². The number of aryl methyl sites for hydroxylation is 2. The zero-order valence-corrected chi connectivity index (χ0v) is 13.6. The highest BCUT2D eigenvalue weighted by atomic mass is 16.1. The third-order valence-corrected chi connectivity index (χ3v) is 3.66. The fourth-order valence-electron chi connectivity index (χ4n) is 2.40. The molecule has 0 unspecified atom stereocenters. The van der Waals surface area contributed by atoms with Crippen LogP contribution >= 0.6 is 0 Å². The van der Waals surface area contributed by atoms with E-state index in [0.29, 0.717) is 5.69 Å². The highest BCUT2D eigenvalue weighted by Crippen LogP contribution is 2.21. The summed E-state index contributed by atoms with van der Waals surface area (Å²) < 4.78 is 1.92. The zero-order valence-electron chi connectivity index (χ0n) is 13.6. The Bertz CT molecular complexity index is 985. The predicted molar refractivity (Wildman–Crippen MR) is 96.7 cm³/mol. The van der Waals surface area contributed by atoms with E-state index in [1.807, 2.05) is 55.1 Å². The Morgan fingerprint density at radius 3 is 2.75 bits per heavy atom. The van der Waals surface area contributed by atoms with Gasteiger partial charge in [-0.15, -0.1) is 0 Å². The van der Waals surface area contributed by atoms with Crippen LogP contribution in [0.1, 0.15) is 16.7 Å². The predicted octanol–water partition coefficient (Wildman–Crippen LogP) is 3.41. The molecule has 4 heteroatoms. The molecule has 4 nitrogen and oxygen atoms in total. The van der Waals surface area contributed by atoms with Crippen molar-refractivity contribution in [3.8, 4) is 11.8 Å². The van der Waals surface area contributed by atoms with Crippen molar-refractivity contribution in [1.82, 2.24) is 9.55 Å². The van der Waals surface area contributed by atoms with E-state index in [1.165, 1.54) is 11.6 Å². The lowest BCUT2D eigenvalue weighted by Crippen LogP contribution is -2.07. The van der Waals surface area contributed by atoms with Gasteiger partial charge in [0.25, 0.3) is 0 Å². The molecule has 0 aliphatic rings. The van der Waals surface area contributed by atoms with Gasteiger partial charge in [0.05, 0.1) is 17.4 Å². The molecular formula is C20H17N3O. The van der Waals surface area contributed by atoms with Crippen LogP contribution in [0.2, 0.25) is 0 Å². The molecule has 2 heterocycles. The maximum atomic E-state index is 11.5. The van der Waals surface area contributed by atoms with Crippen LogP contribution in [-0.2, 0) is 11.8 Å². The van der Waals surface area contributed by atoms with Crippen LogP contribution in [0.3, 0.4) is 0 Å². The molecule has 0 atom stereocenters. The van der Waals surface area contributed by atoms with Gasteiger partial charge >= 0.3 is 0 Å². The molecule has 0 aliphatic heterocycles. The lowest BCUT2D eigenvalue weighted by Gasteiger charge is -2.02. The number of hydrogen-bond acceptors (Lipinski definition) is 2. The first-order chi connectivity index (χ1) is 11.6. The van der Waals surface area contributed by atoms with Crippen molar-refractivity contribution in [3.05, 3.63) is 72.1 Å². The van der Waals surface area contributed by atoms with Crippen LogP contribution in [0.25, 0.3) is 11.0 Å². The van der Waals surface area contributed by atoms with Gasteiger partial charge in [-0.05, 0) is 31.2 Å². The second-order valence-electron chi connectivity index (χ2n) is 5.56. The van der Waals surface area contributed by atoms with E-state index in [4.69, 9.17) is 0 Å². The van der Waals surface area contributed by atoms with Gasteiger partial charge in [-0.25, -0.2) is 4.98 Å². The topological polar surface area (TPSA) is 46.9 Å². The van der Waals surface area contributed by atoms with Crippen molar-refractivity contribution in [3.63, 3.8) is 0 Å². The molecule has 0 aliphatic carbocycles. The van der Waals surface area contributed by atoms with E-state index in [2.05, 4.69) is 28.7 Å². The quantitative estimate of drug-likeness (QED) is 0.582. The number of carbonyl (C=O) groups is 1. The first-order valence-electron chi connectivity index (χ1n) is 7.54. The summed E-state index contributed by atoms with van der Waals surface area (Å²) in [4.78, 5) is 15.9. The summed E-state index contributed by atoms with van der Waals surface area (Å²) in [7, 11) is 1.92. The molecule has 2 aromatic heterocycles. The molecule has 0 saturated carbocycles.